The molecule has 0 saturated carbocycles. The first-order chi connectivity index (χ1) is 4.88. The molecule has 11 heavy (non-hydrogen) atoms. The SMILES string of the molecule is Brc1cccc2ccsc12.[MgH2]. The van der Waals surface area contributed by atoms with Crippen molar-refractivity contribution in [1.82, 2.24) is 0 Å². The molecule has 1 aromatic carbocycles. The van der Waals surface area contributed by atoms with Gasteiger partial charge in [0.05, 0.1) is 0 Å². The average molecular weight is 239 g/mol. The van der Waals surface area contributed by atoms with Gasteiger partial charge in [-0.05, 0) is 38.8 Å². The molecule has 0 spiro atoms. The molecule has 0 aliphatic heterocycles. The van der Waals surface area contributed by atoms with Crippen molar-refractivity contribution in [3.63, 3.8) is 0 Å². The second kappa shape index (κ2) is 3.89. The molecule has 0 aliphatic carbocycles. The van der Waals surface area contributed by atoms with Crippen molar-refractivity contribution in [1.29, 1.82) is 0 Å². The van der Waals surface area contributed by atoms with Crippen molar-refractivity contribution >= 4 is 60.4 Å². The van der Waals surface area contributed by atoms with E-state index in [2.05, 4.69) is 45.6 Å². The van der Waals surface area contributed by atoms with E-state index in [0.29, 0.717) is 0 Å². The van der Waals surface area contributed by atoms with Gasteiger partial charge in [-0.1, -0.05) is 12.1 Å². The molecule has 1 heterocycles. The number of thiophene rings is 1. The van der Waals surface area contributed by atoms with Crippen molar-refractivity contribution < 1.29 is 0 Å². The molecule has 0 amide bonds. The minimum absolute atomic E-state index is 0. The number of halogens is 1. The summed E-state index contributed by atoms with van der Waals surface area (Å²) in [6, 6.07) is 8.37. The maximum atomic E-state index is 3.49. The van der Waals surface area contributed by atoms with Gasteiger partial charge in [0.25, 0.3) is 0 Å². The van der Waals surface area contributed by atoms with Crippen molar-refractivity contribution in [3.8, 4) is 0 Å². The first kappa shape index (κ1) is 9.51. The molecule has 0 unspecified atom stereocenters. The monoisotopic (exact) mass is 238 g/mol. The van der Waals surface area contributed by atoms with Crippen LogP contribution in [0.2, 0.25) is 0 Å². The Morgan fingerprint density at radius 1 is 1.18 bits per heavy atom. The van der Waals surface area contributed by atoms with Crippen molar-refractivity contribution in [2.24, 2.45) is 0 Å². The summed E-state index contributed by atoms with van der Waals surface area (Å²) in [6.07, 6.45) is 0. The van der Waals surface area contributed by atoms with E-state index >= 15 is 0 Å². The highest BCUT2D eigenvalue weighted by Crippen LogP contribution is 2.28. The standard InChI is InChI=1S/C8H5BrS.Mg.2H/c9-7-3-1-2-6-4-5-10-8(6)7;;;/h1-5H;;;. The Morgan fingerprint density at radius 3 is 2.73 bits per heavy atom. The van der Waals surface area contributed by atoms with Crippen LogP contribution in [0.25, 0.3) is 10.1 Å². The lowest BCUT2D eigenvalue weighted by atomic mass is 10.3. The van der Waals surface area contributed by atoms with Crippen molar-refractivity contribution in [2.75, 3.05) is 0 Å². The molecule has 0 radical (unpaired) electrons. The van der Waals surface area contributed by atoms with Crippen LogP contribution < -0.4 is 0 Å². The van der Waals surface area contributed by atoms with Gasteiger partial charge in [-0.25, -0.2) is 0 Å². The first-order valence-electron chi connectivity index (χ1n) is 2.99. The molecule has 0 N–H and O–H groups in total. The number of fused-ring (bicyclic) bond motifs is 1. The van der Waals surface area contributed by atoms with E-state index in [4.69, 9.17) is 0 Å². The summed E-state index contributed by atoms with van der Waals surface area (Å²) in [5, 5.41) is 3.43. The van der Waals surface area contributed by atoms with E-state index in [9.17, 15) is 0 Å². The molecule has 0 bridgehead atoms. The van der Waals surface area contributed by atoms with Crippen LogP contribution in [0, 0.1) is 0 Å². The topological polar surface area (TPSA) is 0 Å². The zero-order chi connectivity index (χ0) is 6.97. The van der Waals surface area contributed by atoms with E-state index < -0.39 is 0 Å². The van der Waals surface area contributed by atoms with Crippen LogP contribution in [0.4, 0.5) is 0 Å². The van der Waals surface area contributed by atoms with Crippen LogP contribution >= 0.6 is 27.3 Å². The second-order valence-electron chi connectivity index (χ2n) is 2.08. The minimum atomic E-state index is 0. The van der Waals surface area contributed by atoms with Crippen LogP contribution in [0.5, 0.6) is 0 Å². The molecule has 1 aromatic heterocycles. The quantitative estimate of drug-likeness (QED) is 0.620. The van der Waals surface area contributed by atoms with Crippen LogP contribution in [-0.4, -0.2) is 23.1 Å². The lowest BCUT2D eigenvalue weighted by Gasteiger charge is -1.89. The smallest absolute Gasteiger partial charge is 0.143 e. The summed E-state index contributed by atoms with van der Waals surface area (Å²) < 4.78 is 2.53. The molecule has 0 fully saturated rings. The summed E-state index contributed by atoms with van der Waals surface area (Å²) in [5.41, 5.74) is 0. The van der Waals surface area contributed by atoms with Crippen LogP contribution in [0.1, 0.15) is 0 Å². The Morgan fingerprint density at radius 2 is 2.00 bits per heavy atom. The van der Waals surface area contributed by atoms with E-state index in [-0.39, 0.29) is 23.1 Å². The van der Waals surface area contributed by atoms with E-state index in [1.165, 1.54) is 14.6 Å². The Hall–Kier alpha value is 0.426. The molecule has 0 saturated heterocycles. The summed E-state index contributed by atoms with van der Waals surface area (Å²) in [5.74, 6) is 0. The maximum absolute atomic E-state index is 3.49. The van der Waals surface area contributed by atoms with E-state index in [1.807, 2.05) is 0 Å². The Labute approximate surface area is 93.9 Å². The molecule has 54 valence electrons. The van der Waals surface area contributed by atoms with Gasteiger partial charge in [0, 0.05) is 9.17 Å². The fraction of sp³-hybridized carbons (Fsp3) is 0. The predicted molar refractivity (Wildman–Crippen MR) is 58.1 cm³/mol. The highest BCUT2D eigenvalue weighted by Gasteiger charge is 1.96. The van der Waals surface area contributed by atoms with Crippen molar-refractivity contribution in [3.05, 3.63) is 34.1 Å². The third kappa shape index (κ3) is 1.77. The van der Waals surface area contributed by atoms with Crippen LogP contribution in [0.3, 0.4) is 0 Å². The summed E-state index contributed by atoms with van der Waals surface area (Å²) >= 11 is 5.25. The van der Waals surface area contributed by atoms with Crippen molar-refractivity contribution in [2.45, 2.75) is 0 Å². The normalized spacial score (nSPS) is 9.55. The van der Waals surface area contributed by atoms with Gasteiger partial charge < -0.3 is 0 Å². The van der Waals surface area contributed by atoms with Gasteiger partial charge in [-0.15, -0.1) is 11.3 Å². The third-order valence-corrected chi connectivity index (χ3v) is 3.32. The highest BCUT2D eigenvalue weighted by molar-refractivity contribution is 9.10. The lowest BCUT2D eigenvalue weighted by Crippen LogP contribution is -1.62. The molecule has 0 nitrogen and oxygen atoms in total. The summed E-state index contributed by atoms with van der Waals surface area (Å²) in [6.45, 7) is 0. The Bertz CT molecular complexity index is 356. The number of rotatable bonds is 0. The number of benzene rings is 1. The first-order valence-corrected chi connectivity index (χ1v) is 4.67. The van der Waals surface area contributed by atoms with E-state index in [1.54, 1.807) is 11.3 Å². The molecule has 2 rings (SSSR count). The highest BCUT2D eigenvalue weighted by atomic mass is 79.9. The van der Waals surface area contributed by atoms with Gasteiger partial charge in [0.1, 0.15) is 0 Å². The molecule has 3 heteroatoms. The lowest BCUT2D eigenvalue weighted by molar-refractivity contribution is 1.80. The van der Waals surface area contributed by atoms with Crippen LogP contribution in [-0.2, 0) is 0 Å². The van der Waals surface area contributed by atoms with Gasteiger partial charge in [0.15, 0.2) is 0 Å². The predicted octanol–water partition coefficient (Wildman–Crippen LogP) is 2.75. The molecular formula is C8H7BrMgS. The zero-order valence-electron chi connectivity index (χ0n) is 5.17. The minimum Gasteiger partial charge on any atom is -0.143 e. The van der Waals surface area contributed by atoms with E-state index in [0.717, 1.165) is 0 Å². The second-order valence-corrected chi connectivity index (χ2v) is 3.85. The Balaban J connectivity index is 0.000000605. The number of hydrogen-bond acceptors (Lipinski definition) is 1. The molecule has 0 atom stereocenters. The summed E-state index contributed by atoms with van der Waals surface area (Å²) in [7, 11) is 0. The molecule has 2 aromatic rings. The molecular weight excluding hydrogens is 232 g/mol. The average Bonchev–Trinajstić information content (AvgIpc) is 2.36. The largest absolute Gasteiger partial charge is 0.316 e. The zero-order valence-corrected chi connectivity index (χ0v) is 7.58. The fourth-order valence-electron chi connectivity index (χ4n) is 0.956. The third-order valence-electron chi connectivity index (χ3n) is 1.43. The fourth-order valence-corrected chi connectivity index (χ4v) is 2.42. The van der Waals surface area contributed by atoms with Gasteiger partial charge in [-0.2, -0.15) is 0 Å². The van der Waals surface area contributed by atoms with Gasteiger partial charge >= 0.3 is 23.1 Å². The molecule has 0 aliphatic rings. The maximum Gasteiger partial charge on any atom is 0.316 e. The van der Waals surface area contributed by atoms with Gasteiger partial charge in [0.2, 0.25) is 0 Å². The number of hydrogen-bond donors (Lipinski definition) is 0. The van der Waals surface area contributed by atoms with Crippen LogP contribution in [0.15, 0.2) is 34.1 Å². The summed E-state index contributed by atoms with van der Waals surface area (Å²) in [4.78, 5) is 0. The van der Waals surface area contributed by atoms with Gasteiger partial charge in [-0.3, -0.25) is 0 Å². The Kier molecular flexibility index (Phi) is 3.37.